The predicted octanol–water partition coefficient (Wildman–Crippen LogP) is 4.93. The SMILES string of the molecule is COc1ccc(C2=CNC3NC=CC=C23)cc1OC.COc1csc2ccccc12. The Morgan fingerprint density at radius 3 is 2.47 bits per heavy atom. The Kier molecular flexibility index (Phi) is 5.95. The molecule has 1 unspecified atom stereocenters. The molecule has 6 heteroatoms. The highest BCUT2D eigenvalue weighted by Crippen LogP contribution is 2.35. The average Bonchev–Trinajstić information content (AvgIpc) is 3.43. The number of hydrogen-bond acceptors (Lipinski definition) is 6. The summed E-state index contributed by atoms with van der Waals surface area (Å²) in [4.78, 5) is 0. The van der Waals surface area contributed by atoms with Crippen LogP contribution in [0.2, 0.25) is 0 Å². The summed E-state index contributed by atoms with van der Waals surface area (Å²) in [5, 5.41) is 9.81. The lowest BCUT2D eigenvalue weighted by atomic mass is 9.97. The van der Waals surface area contributed by atoms with Gasteiger partial charge in [0, 0.05) is 32.8 Å². The quantitative estimate of drug-likeness (QED) is 0.627. The van der Waals surface area contributed by atoms with E-state index in [9.17, 15) is 0 Å². The van der Waals surface area contributed by atoms with Crippen molar-refractivity contribution < 1.29 is 14.2 Å². The number of nitrogens with one attached hydrogen (secondary N) is 2. The molecule has 0 saturated carbocycles. The lowest BCUT2D eigenvalue weighted by Crippen LogP contribution is -2.35. The summed E-state index contributed by atoms with van der Waals surface area (Å²) in [6.07, 6.45) is 8.25. The van der Waals surface area contributed by atoms with Gasteiger partial charge in [0.05, 0.1) is 21.3 Å². The van der Waals surface area contributed by atoms with Gasteiger partial charge in [0.25, 0.3) is 0 Å². The van der Waals surface area contributed by atoms with Crippen molar-refractivity contribution >= 4 is 27.0 Å². The minimum Gasteiger partial charge on any atom is -0.495 e. The van der Waals surface area contributed by atoms with Crippen LogP contribution in [0.15, 0.2) is 78.0 Å². The van der Waals surface area contributed by atoms with Gasteiger partial charge in [-0.05, 0) is 42.1 Å². The largest absolute Gasteiger partial charge is 0.495 e. The van der Waals surface area contributed by atoms with Crippen molar-refractivity contribution in [3.8, 4) is 17.2 Å². The van der Waals surface area contributed by atoms with Gasteiger partial charge < -0.3 is 24.8 Å². The van der Waals surface area contributed by atoms with Crippen LogP contribution in [0.25, 0.3) is 15.7 Å². The number of fused-ring (bicyclic) bond motifs is 2. The molecule has 0 bridgehead atoms. The second kappa shape index (κ2) is 8.97. The second-order valence-corrected chi connectivity index (χ2v) is 7.59. The van der Waals surface area contributed by atoms with E-state index in [2.05, 4.69) is 28.8 Å². The third kappa shape index (κ3) is 3.86. The maximum atomic E-state index is 5.35. The molecule has 2 aromatic carbocycles. The molecule has 0 amide bonds. The van der Waals surface area contributed by atoms with E-state index in [4.69, 9.17) is 14.2 Å². The summed E-state index contributed by atoms with van der Waals surface area (Å²) in [7, 11) is 4.99. The Bertz CT molecular complexity index is 1130. The second-order valence-electron chi connectivity index (χ2n) is 6.68. The molecule has 3 aromatic rings. The molecule has 0 spiro atoms. The standard InChI is InChI=1S/C15H16N2O2.C9H8OS/c1-18-13-6-5-10(8-14(13)19-2)12-9-17-15-11(12)4-3-7-16-15;1-10-8-6-11-9-5-3-2-4-7(8)9/h3-9,15-17H,1-2H3;2-6H,1H3. The van der Waals surface area contributed by atoms with Gasteiger partial charge in [0.2, 0.25) is 0 Å². The van der Waals surface area contributed by atoms with Crippen LogP contribution in [0, 0.1) is 0 Å². The maximum Gasteiger partial charge on any atom is 0.161 e. The molecule has 2 aliphatic rings. The first-order valence-electron chi connectivity index (χ1n) is 9.57. The van der Waals surface area contributed by atoms with E-state index in [0.29, 0.717) is 0 Å². The van der Waals surface area contributed by atoms with Gasteiger partial charge >= 0.3 is 0 Å². The minimum atomic E-state index is 0.160. The monoisotopic (exact) mass is 420 g/mol. The topological polar surface area (TPSA) is 51.8 Å². The number of thiophene rings is 1. The Balaban J connectivity index is 0.000000168. The predicted molar refractivity (Wildman–Crippen MR) is 123 cm³/mol. The molecule has 2 N–H and O–H groups in total. The lowest BCUT2D eigenvalue weighted by Gasteiger charge is -2.18. The lowest BCUT2D eigenvalue weighted by molar-refractivity contribution is 0.355. The van der Waals surface area contributed by atoms with Crippen LogP contribution in [0.1, 0.15) is 5.56 Å². The van der Waals surface area contributed by atoms with Crippen LogP contribution in [-0.2, 0) is 0 Å². The van der Waals surface area contributed by atoms with Crippen LogP contribution in [0.3, 0.4) is 0 Å². The van der Waals surface area contributed by atoms with Gasteiger partial charge in [-0.2, -0.15) is 0 Å². The van der Waals surface area contributed by atoms with Crippen molar-refractivity contribution in [1.29, 1.82) is 0 Å². The van der Waals surface area contributed by atoms with Crippen molar-refractivity contribution in [2.75, 3.05) is 21.3 Å². The molecule has 3 heterocycles. The van der Waals surface area contributed by atoms with Crippen LogP contribution >= 0.6 is 11.3 Å². The molecule has 1 atom stereocenters. The Hall–Kier alpha value is -3.38. The van der Waals surface area contributed by atoms with E-state index in [-0.39, 0.29) is 6.17 Å². The summed E-state index contributed by atoms with van der Waals surface area (Å²) in [5.74, 6) is 2.46. The molecular formula is C24H24N2O3S. The van der Waals surface area contributed by atoms with Crippen LogP contribution in [0.5, 0.6) is 17.2 Å². The molecule has 0 saturated heterocycles. The van der Waals surface area contributed by atoms with E-state index >= 15 is 0 Å². The molecule has 5 rings (SSSR count). The van der Waals surface area contributed by atoms with Gasteiger partial charge in [-0.3, -0.25) is 0 Å². The van der Waals surface area contributed by atoms with Gasteiger partial charge in [0.1, 0.15) is 11.9 Å². The molecule has 1 aromatic heterocycles. The van der Waals surface area contributed by atoms with E-state index < -0.39 is 0 Å². The number of rotatable bonds is 4. The highest BCUT2D eigenvalue weighted by atomic mass is 32.1. The number of hydrogen-bond donors (Lipinski definition) is 2. The van der Waals surface area contributed by atoms with Crippen LogP contribution in [0.4, 0.5) is 0 Å². The first-order valence-corrected chi connectivity index (χ1v) is 10.4. The third-order valence-corrected chi connectivity index (χ3v) is 5.95. The zero-order valence-electron chi connectivity index (χ0n) is 17.1. The molecule has 0 radical (unpaired) electrons. The van der Waals surface area contributed by atoms with Crippen LogP contribution in [-0.4, -0.2) is 27.5 Å². The van der Waals surface area contributed by atoms with Crippen molar-refractivity contribution in [1.82, 2.24) is 10.6 Å². The van der Waals surface area contributed by atoms with Gasteiger partial charge in [-0.15, -0.1) is 11.3 Å². The smallest absolute Gasteiger partial charge is 0.161 e. The first kappa shape index (κ1) is 19.9. The Morgan fingerprint density at radius 1 is 0.867 bits per heavy atom. The Labute approximate surface area is 180 Å². The molecule has 2 aliphatic heterocycles. The van der Waals surface area contributed by atoms with E-state index in [1.165, 1.54) is 21.2 Å². The van der Waals surface area contributed by atoms with E-state index in [1.54, 1.807) is 32.7 Å². The normalized spacial score (nSPS) is 16.3. The summed E-state index contributed by atoms with van der Waals surface area (Å²) in [6.45, 7) is 0. The van der Waals surface area contributed by atoms with E-state index in [0.717, 1.165) is 22.8 Å². The third-order valence-electron chi connectivity index (χ3n) is 5.01. The molecule has 0 fully saturated rings. The number of benzene rings is 2. The van der Waals surface area contributed by atoms with Crippen molar-refractivity contribution in [3.63, 3.8) is 0 Å². The fourth-order valence-corrected chi connectivity index (χ4v) is 4.40. The zero-order chi connectivity index (χ0) is 20.9. The number of methoxy groups -OCH3 is 3. The number of ether oxygens (including phenoxy) is 3. The molecule has 30 heavy (non-hydrogen) atoms. The highest BCUT2D eigenvalue weighted by molar-refractivity contribution is 7.17. The minimum absolute atomic E-state index is 0.160. The summed E-state index contributed by atoms with van der Waals surface area (Å²) >= 11 is 1.71. The van der Waals surface area contributed by atoms with Crippen molar-refractivity contribution in [2.45, 2.75) is 6.17 Å². The Morgan fingerprint density at radius 2 is 1.67 bits per heavy atom. The molecular weight excluding hydrogens is 396 g/mol. The van der Waals surface area contributed by atoms with Crippen LogP contribution < -0.4 is 24.8 Å². The molecule has 0 aliphatic carbocycles. The van der Waals surface area contributed by atoms with Gasteiger partial charge in [0.15, 0.2) is 11.5 Å². The van der Waals surface area contributed by atoms with E-state index in [1.807, 2.05) is 54.2 Å². The highest BCUT2D eigenvalue weighted by Gasteiger charge is 2.24. The summed E-state index contributed by atoms with van der Waals surface area (Å²) < 4.78 is 17.1. The molecule has 154 valence electrons. The number of dihydropyridines is 1. The number of allylic oxidation sites excluding steroid dienone is 2. The first-order chi connectivity index (χ1) is 14.7. The average molecular weight is 421 g/mol. The maximum absolute atomic E-state index is 5.35. The fourth-order valence-electron chi connectivity index (χ4n) is 3.49. The van der Waals surface area contributed by atoms with Crippen molar-refractivity contribution in [3.05, 3.63) is 83.5 Å². The van der Waals surface area contributed by atoms with Gasteiger partial charge in [-0.25, -0.2) is 0 Å². The summed E-state index contributed by atoms with van der Waals surface area (Å²) in [5.41, 5.74) is 3.51. The summed E-state index contributed by atoms with van der Waals surface area (Å²) in [6, 6.07) is 14.2. The van der Waals surface area contributed by atoms with Gasteiger partial charge in [-0.1, -0.05) is 24.3 Å². The zero-order valence-corrected chi connectivity index (χ0v) is 18.0. The van der Waals surface area contributed by atoms with Crippen molar-refractivity contribution in [2.24, 2.45) is 0 Å². The molecule has 5 nitrogen and oxygen atoms in total. The fraction of sp³-hybridized carbons (Fsp3) is 0.167.